The third-order valence-corrected chi connectivity index (χ3v) is 7.82. The number of carbonyl (C=O) groups is 1. The van der Waals surface area contributed by atoms with Gasteiger partial charge in [0.15, 0.2) is 0 Å². The molecule has 0 fully saturated rings. The van der Waals surface area contributed by atoms with Crippen molar-refractivity contribution in [2.45, 2.75) is 45.1 Å². The van der Waals surface area contributed by atoms with E-state index in [2.05, 4.69) is 5.32 Å². The van der Waals surface area contributed by atoms with Gasteiger partial charge < -0.3 is 5.32 Å². The summed E-state index contributed by atoms with van der Waals surface area (Å²) < 4.78 is 82.6. The number of rotatable bonds is 9. The van der Waals surface area contributed by atoms with E-state index in [9.17, 15) is 31.1 Å². The summed E-state index contributed by atoms with van der Waals surface area (Å²) in [6.45, 7) is 5.74. The molecule has 0 radical (unpaired) electrons. The van der Waals surface area contributed by atoms with Crippen molar-refractivity contribution in [2.75, 3.05) is 11.5 Å². The van der Waals surface area contributed by atoms with E-state index in [1.165, 1.54) is 0 Å². The van der Waals surface area contributed by atoms with Crippen molar-refractivity contribution in [3.8, 4) is 0 Å². The van der Waals surface area contributed by atoms with E-state index in [1.807, 2.05) is 13.8 Å². The van der Waals surface area contributed by atoms with Gasteiger partial charge in [0.1, 0.15) is 0 Å². The van der Waals surface area contributed by atoms with E-state index >= 15 is 0 Å². The number of carbonyl (C=O) groups excluding carboxylic acids is 1. The van der Waals surface area contributed by atoms with Crippen molar-refractivity contribution in [2.24, 2.45) is 5.92 Å². The van der Waals surface area contributed by atoms with Crippen molar-refractivity contribution in [3.63, 3.8) is 0 Å². The number of nitrogens with one attached hydrogen (secondary N) is 1. The Labute approximate surface area is 230 Å². The van der Waals surface area contributed by atoms with Gasteiger partial charge >= 0.3 is 12.4 Å². The lowest BCUT2D eigenvalue weighted by atomic mass is 9.96. The van der Waals surface area contributed by atoms with Crippen LogP contribution in [0.1, 0.15) is 53.7 Å². The Hall–Kier alpha value is -1.55. The van der Waals surface area contributed by atoms with Gasteiger partial charge in [-0.3, -0.25) is 4.79 Å². The zero-order valence-electron chi connectivity index (χ0n) is 19.9. The molecule has 0 aromatic heterocycles. The number of amides is 1. The summed E-state index contributed by atoms with van der Waals surface area (Å²) >= 11 is 19.1. The fraction of sp³-hybridized carbons (Fsp3) is 0.400. The zero-order valence-corrected chi connectivity index (χ0v) is 23.0. The Bertz CT molecular complexity index is 1110. The molecule has 2 aromatic rings. The first kappa shape index (κ1) is 31.7. The number of alkyl halides is 6. The number of hydrogen-bond acceptors (Lipinski definition) is 2. The second-order valence-corrected chi connectivity index (χ2v) is 11.1. The smallest absolute Gasteiger partial charge is 0.349 e. The fourth-order valence-electron chi connectivity index (χ4n) is 3.29. The minimum absolute atomic E-state index is 0.117. The summed E-state index contributed by atoms with van der Waals surface area (Å²) in [5, 5.41) is 2.04. The summed E-state index contributed by atoms with van der Waals surface area (Å²) in [7, 11) is 0. The van der Waals surface area contributed by atoms with Gasteiger partial charge in [-0.15, -0.1) is 0 Å². The van der Waals surface area contributed by atoms with Crippen LogP contribution in [-0.2, 0) is 6.18 Å². The molecule has 0 bridgehead atoms. The minimum Gasteiger partial charge on any atom is -0.349 e. The van der Waals surface area contributed by atoms with Gasteiger partial charge in [-0.2, -0.15) is 38.1 Å². The van der Waals surface area contributed by atoms with E-state index in [1.54, 1.807) is 18.7 Å². The molecule has 0 aliphatic heterocycles. The number of thioether (sulfide) groups is 1. The van der Waals surface area contributed by atoms with Crippen molar-refractivity contribution in [3.05, 3.63) is 73.7 Å². The van der Waals surface area contributed by atoms with Crippen LogP contribution in [0.25, 0.3) is 6.08 Å². The van der Waals surface area contributed by atoms with Crippen LogP contribution in [0.15, 0.2) is 36.4 Å². The van der Waals surface area contributed by atoms with E-state index < -0.39 is 35.3 Å². The quantitative estimate of drug-likeness (QED) is 0.228. The highest BCUT2D eigenvalue weighted by Gasteiger charge is 2.40. The minimum atomic E-state index is -4.91. The van der Waals surface area contributed by atoms with Crippen molar-refractivity contribution >= 4 is 58.5 Å². The highest BCUT2D eigenvalue weighted by molar-refractivity contribution is 7.99. The number of halogens is 9. The van der Waals surface area contributed by atoms with Gasteiger partial charge in [0.05, 0.1) is 32.1 Å². The molecule has 0 saturated carbocycles. The topological polar surface area (TPSA) is 29.1 Å². The second-order valence-electron chi connectivity index (χ2n) is 8.79. The Balaban J connectivity index is 2.36. The SMILES string of the molecule is CC(C)CSC[C@@H](C)NC(=O)c1ccc(/C=C/C(c2cc(Cl)c(Cl)c(Cl)c2)C(F)(F)F)cc1C(F)(F)F. The van der Waals surface area contributed by atoms with Gasteiger partial charge in [0.2, 0.25) is 0 Å². The third kappa shape index (κ3) is 9.30. The van der Waals surface area contributed by atoms with Crippen LogP contribution in [0.4, 0.5) is 26.3 Å². The van der Waals surface area contributed by atoms with Gasteiger partial charge in [0, 0.05) is 11.8 Å². The average molecular weight is 607 g/mol. The van der Waals surface area contributed by atoms with E-state index in [0.717, 1.165) is 36.1 Å². The third-order valence-electron chi connectivity index (χ3n) is 4.99. The van der Waals surface area contributed by atoms with Crippen LogP contribution in [0.3, 0.4) is 0 Å². The van der Waals surface area contributed by atoms with Crippen LogP contribution >= 0.6 is 46.6 Å². The lowest BCUT2D eigenvalue weighted by Crippen LogP contribution is -2.35. The van der Waals surface area contributed by atoms with Gasteiger partial charge in [-0.25, -0.2) is 0 Å². The molecule has 2 atom stereocenters. The Morgan fingerprint density at radius 1 is 0.973 bits per heavy atom. The first-order valence-electron chi connectivity index (χ1n) is 11.0. The predicted octanol–water partition coefficient (Wildman–Crippen LogP) is 9.53. The molecule has 1 N–H and O–H groups in total. The Kier molecular flexibility index (Phi) is 11.1. The lowest BCUT2D eigenvalue weighted by Gasteiger charge is -2.19. The molecule has 0 saturated heterocycles. The number of hydrogen-bond donors (Lipinski definition) is 1. The van der Waals surface area contributed by atoms with Crippen molar-refractivity contribution < 1.29 is 31.1 Å². The first-order chi connectivity index (χ1) is 17.0. The first-order valence-corrected chi connectivity index (χ1v) is 13.3. The maximum absolute atomic E-state index is 13.8. The Morgan fingerprint density at radius 2 is 1.57 bits per heavy atom. The molecule has 1 amide bonds. The van der Waals surface area contributed by atoms with Crippen molar-refractivity contribution in [1.29, 1.82) is 0 Å². The van der Waals surface area contributed by atoms with Crippen molar-refractivity contribution in [1.82, 2.24) is 5.32 Å². The normalized spacial score (nSPS) is 14.3. The number of allylic oxidation sites excluding steroid dienone is 1. The largest absolute Gasteiger partial charge is 0.417 e. The maximum Gasteiger partial charge on any atom is 0.417 e. The van der Waals surface area contributed by atoms with Crippen LogP contribution in [0.5, 0.6) is 0 Å². The lowest BCUT2D eigenvalue weighted by molar-refractivity contribution is -0.139. The van der Waals surface area contributed by atoms with E-state index in [-0.39, 0.29) is 32.2 Å². The molecule has 204 valence electrons. The highest BCUT2D eigenvalue weighted by Crippen LogP contribution is 2.41. The summed E-state index contributed by atoms with van der Waals surface area (Å²) in [6.07, 6.45) is -8.12. The van der Waals surface area contributed by atoms with Gasteiger partial charge in [0.25, 0.3) is 5.91 Å². The maximum atomic E-state index is 13.8. The molecule has 2 nitrogen and oxygen atoms in total. The molecule has 37 heavy (non-hydrogen) atoms. The molecule has 0 aliphatic rings. The summed E-state index contributed by atoms with van der Waals surface area (Å²) in [4.78, 5) is 12.6. The Morgan fingerprint density at radius 3 is 2.08 bits per heavy atom. The highest BCUT2D eigenvalue weighted by atomic mass is 35.5. The van der Waals surface area contributed by atoms with Crippen LogP contribution in [0, 0.1) is 5.92 Å². The molecule has 2 rings (SSSR count). The zero-order chi connectivity index (χ0) is 28.1. The van der Waals surface area contributed by atoms with E-state index in [4.69, 9.17) is 34.8 Å². The summed E-state index contributed by atoms with van der Waals surface area (Å²) in [5.74, 6) is -1.36. The fourth-order valence-corrected chi connectivity index (χ4v) is 4.95. The molecule has 2 aromatic carbocycles. The van der Waals surface area contributed by atoms with Gasteiger partial charge in [-0.1, -0.05) is 66.9 Å². The molecular weight excluding hydrogens is 583 g/mol. The van der Waals surface area contributed by atoms with E-state index in [0.29, 0.717) is 23.8 Å². The summed E-state index contributed by atoms with van der Waals surface area (Å²) in [5.41, 5.74) is -2.38. The van der Waals surface area contributed by atoms with Gasteiger partial charge in [-0.05, 0) is 54.0 Å². The average Bonchev–Trinajstić information content (AvgIpc) is 2.75. The van der Waals surface area contributed by atoms with Crippen LogP contribution in [0.2, 0.25) is 15.1 Å². The molecule has 0 aliphatic carbocycles. The van der Waals surface area contributed by atoms with Crippen LogP contribution < -0.4 is 5.32 Å². The molecular formula is C25H24Cl3F6NOS. The molecule has 0 spiro atoms. The monoisotopic (exact) mass is 605 g/mol. The second kappa shape index (κ2) is 13.0. The molecule has 0 heterocycles. The van der Waals surface area contributed by atoms with Crippen LogP contribution in [-0.4, -0.2) is 29.6 Å². The standard InChI is InChI=1S/C25H24Cl3F6NOS/c1-13(2)11-37-12-14(3)35-23(36)17-6-4-15(8-19(17)25(32,33)34)5-7-18(24(29,30)31)16-9-20(26)22(28)21(27)10-16/h4-10,13-14,18H,11-12H2,1-3H3,(H,35,36)/b7-5+/t14-,18?/m1/s1. The predicted molar refractivity (Wildman–Crippen MR) is 140 cm³/mol. The molecule has 12 heteroatoms. The molecule has 1 unspecified atom stereocenters. The number of benzene rings is 2. The summed E-state index contributed by atoms with van der Waals surface area (Å²) in [6, 6.07) is 4.33.